The van der Waals surface area contributed by atoms with Crippen molar-refractivity contribution in [1.29, 1.82) is 0 Å². The van der Waals surface area contributed by atoms with Crippen LogP contribution in [0.2, 0.25) is 0 Å². The number of nitro groups is 1. The number of aromatic nitrogens is 1. The quantitative estimate of drug-likeness (QED) is 0.336. The van der Waals surface area contributed by atoms with E-state index in [-0.39, 0.29) is 16.4 Å². The maximum atomic E-state index is 12.9. The molecule has 0 saturated carbocycles. The molecule has 3 aromatic rings. The minimum Gasteiger partial charge on any atom is -0.345 e. The van der Waals surface area contributed by atoms with Crippen molar-refractivity contribution < 1.29 is 18.1 Å². The number of nitrogens with zero attached hydrogens (tertiary/aromatic N) is 4. The number of thiazole rings is 1. The summed E-state index contributed by atoms with van der Waals surface area (Å²) in [6.45, 7) is 2.96. The van der Waals surface area contributed by atoms with Gasteiger partial charge in [-0.3, -0.25) is 14.9 Å². The third kappa shape index (κ3) is 3.78. The number of carbonyl (C=O) groups is 1. The Morgan fingerprint density at radius 1 is 1.10 bits per heavy atom. The lowest BCUT2D eigenvalue weighted by Gasteiger charge is -2.33. The fourth-order valence-corrected chi connectivity index (χ4v) is 5.75. The summed E-state index contributed by atoms with van der Waals surface area (Å²) in [5, 5.41) is 11.7. The van der Waals surface area contributed by atoms with E-state index in [2.05, 4.69) is 4.98 Å². The predicted molar refractivity (Wildman–Crippen MR) is 114 cm³/mol. The first kappa shape index (κ1) is 20.4. The van der Waals surface area contributed by atoms with Crippen LogP contribution in [0.25, 0.3) is 10.2 Å². The third-order valence-corrected chi connectivity index (χ3v) is 7.97. The average Bonchev–Trinajstić information content (AvgIpc) is 3.17. The van der Waals surface area contributed by atoms with Crippen LogP contribution in [0.4, 0.5) is 10.8 Å². The molecule has 0 atom stereocenters. The molecule has 4 rings (SSSR count). The van der Waals surface area contributed by atoms with Crippen LogP contribution < -0.4 is 4.90 Å². The number of fused-ring (bicyclic) bond motifs is 1. The monoisotopic (exact) mass is 446 g/mol. The van der Waals surface area contributed by atoms with Crippen molar-refractivity contribution in [2.45, 2.75) is 11.8 Å². The molecule has 156 valence electrons. The summed E-state index contributed by atoms with van der Waals surface area (Å²) in [7, 11) is -3.65. The van der Waals surface area contributed by atoms with Crippen LogP contribution in [0, 0.1) is 10.1 Å². The minimum atomic E-state index is -3.65. The van der Waals surface area contributed by atoms with E-state index in [9.17, 15) is 23.3 Å². The number of carbonyl (C=O) groups excluding carboxylic acids is 1. The van der Waals surface area contributed by atoms with Crippen molar-refractivity contribution in [2.75, 3.05) is 31.1 Å². The summed E-state index contributed by atoms with van der Waals surface area (Å²) in [5.41, 5.74) is 1.17. The summed E-state index contributed by atoms with van der Waals surface area (Å²) in [6, 6.07) is 10.5. The molecule has 0 unspecified atom stereocenters. The summed E-state index contributed by atoms with van der Waals surface area (Å²) in [4.78, 5) is 28.6. The molecule has 0 radical (unpaired) electrons. The lowest BCUT2D eigenvalue weighted by Crippen LogP contribution is -2.48. The van der Waals surface area contributed by atoms with E-state index < -0.39 is 14.9 Å². The van der Waals surface area contributed by atoms with Crippen LogP contribution >= 0.6 is 11.3 Å². The van der Waals surface area contributed by atoms with Crippen molar-refractivity contribution in [3.05, 3.63) is 58.1 Å². The maximum absolute atomic E-state index is 12.9. The van der Waals surface area contributed by atoms with Gasteiger partial charge in [-0.25, -0.2) is 13.4 Å². The van der Waals surface area contributed by atoms with Gasteiger partial charge >= 0.3 is 0 Å². The fourth-order valence-electron chi connectivity index (χ4n) is 3.28. The van der Waals surface area contributed by atoms with Gasteiger partial charge in [0.05, 0.1) is 20.0 Å². The van der Waals surface area contributed by atoms with E-state index >= 15 is 0 Å². The number of anilines is 1. The summed E-state index contributed by atoms with van der Waals surface area (Å²) < 4.78 is 27.9. The van der Waals surface area contributed by atoms with E-state index in [0.717, 1.165) is 4.70 Å². The number of ketones is 1. The number of benzene rings is 2. The number of Topliss-reactive ketones (excluding diaryl/α,β-unsaturated/α-hetero) is 1. The Morgan fingerprint density at radius 3 is 2.37 bits per heavy atom. The fraction of sp³-hybridized carbons (Fsp3) is 0.263. The van der Waals surface area contributed by atoms with Crippen LogP contribution in [-0.4, -0.2) is 54.6 Å². The number of non-ortho nitro benzene ring substituents is 1. The van der Waals surface area contributed by atoms with Crippen LogP contribution in [-0.2, 0) is 10.0 Å². The van der Waals surface area contributed by atoms with Crippen molar-refractivity contribution in [3.63, 3.8) is 0 Å². The van der Waals surface area contributed by atoms with Gasteiger partial charge in [-0.1, -0.05) is 23.5 Å². The molecule has 0 bridgehead atoms. The van der Waals surface area contributed by atoms with Gasteiger partial charge in [-0.2, -0.15) is 4.31 Å². The van der Waals surface area contributed by atoms with Crippen molar-refractivity contribution in [3.8, 4) is 0 Å². The first-order valence-electron chi connectivity index (χ1n) is 9.17. The van der Waals surface area contributed by atoms with Crippen molar-refractivity contribution in [1.82, 2.24) is 9.29 Å². The maximum Gasteiger partial charge on any atom is 0.270 e. The molecule has 30 heavy (non-hydrogen) atoms. The Labute approximate surface area is 176 Å². The van der Waals surface area contributed by atoms with Gasteiger partial charge in [0.15, 0.2) is 10.9 Å². The number of hydrogen-bond acceptors (Lipinski definition) is 8. The lowest BCUT2D eigenvalue weighted by atomic mass is 10.2. The average molecular weight is 447 g/mol. The number of nitro benzene ring substituents is 1. The van der Waals surface area contributed by atoms with Crippen LogP contribution in [0.15, 0.2) is 47.4 Å². The second kappa shape index (κ2) is 7.74. The van der Waals surface area contributed by atoms with Gasteiger partial charge in [0, 0.05) is 43.9 Å². The van der Waals surface area contributed by atoms with E-state index in [1.165, 1.54) is 59.0 Å². The lowest BCUT2D eigenvalue weighted by molar-refractivity contribution is -0.384. The highest BCUT2D eigenvalue weighted by atomic mass is 32.2. The van der Waals surface area contributed by atoms with Gasteiger partial charge < -0.3 is 4.90 Å². The molecular formula is C19H18N4O5S2. The summed E-state index contributed by atoms with van der Waals surface area (Å²) in [5.74, 6) is -0.117. The van der Waals surface area contributed by atoms with E-state index in [1.807, 2.05) is 4.90 Å². The zero-order valence-electron chi connectivity index (χ0n) is 16.0. The van der Waals surface area contributed by atoms with Crippen LogP contribution in [0.5, 0.6) is 0 Å². The molecule has 2 aromatic carbocycles. The Kier molecular flexibility index (Phi) is 5.26. The highest BCUT2D eigenvalue weighted by Crippen LogP contribution is 2.32. The SMILES string of the molecule is CC(=O)c1ccc(S(=O)(=O)N2CCN(c3nc4ccc([N+](=O)[O-])cc4s3)CC2)cc1. The first-order chi connectivity index (χ1) is 14.3. The Hall–Kier alpha value is -2.89. The summed E-state index contributed by atoms with van der Waals surface area (Å²) >= 11 is 1.36. The molecule has 0 N–H and O–H groups in total. The molecule has 0 spiro atoms. The number of piperazine rings is 1. The van der Waals surface area contributed by atoms with Gasteiger partial charge in [-0.05, 0) is 25.1 Å². The number of sulfonamides is 1. The van der Waals surface area contributed by atoms with Gasteiger partial charge in [0.1, 0.15) is 0 Å². The van der Waals surface area contributed by atoms with E-state index in [0.29, 0.717) is 42.4 Å². The zero-order chi connectivity index (χ0) is 21.5. The van der Waals surface area contributed by atoms with E-state index in [1.54, 1.807) is 6.07 Å². The standard InChI is InChI=1S/C19H18N4O5S2/c1-13(24)14-2-5-16(6-3-14)30(27,28)22-10-8-21(9-11-22)19-20-17-7-4-15(23(25)26)12-18(17)29-19/h2-7,12H,8-11H2,1H3. The second-order valence-corrected chi connectivity index (χ2v) is 9.82. The van der Waals surface area contributed by atoms with Gasteiger partial charge in [0.2, 0.25) is 10.0 Å². The highest BCUT2D eigenvalue weighted by Gasteiger charge is 2.29. The molecule has 1 aromatic heterocycles. The normalized spacial score (nSPS) is 15.4. The smallest absolute Gasteiger partial charge is 0.270 e. The second-order valence-electron chi connectivity index (χ2n) is 6.88. The van der Waals surface area contributed by atoms with Gasteiger partial charge in [0.25, 0.3) is 5.69 Å². The molecule has 11 heteroatoms. The Balaban J connectivity index is 1.48. The third-order valence-electron chi connectivity index (χ3n) is 4.98. The largest absolute Gasteiger partial charge is 0.345 e. The molecule has 0 amide bonds. The summed E-state index contributed by atoms with van der Waals surface area (Å²) in [6.07, 6.45) is 0. The highest BCUT2D eigenvalue weighted by molar-refractivity contribution is 7.89. The topological polar surface area (TPSA) is 114 Å². The first-order valence-corrected chi connectivity index (χ1v) is 11.4. The van der Waals surface area contributed by atoms with Crippen LogP contribution in [0.3, 0.4) is 0 Å². The number of rotatable bonds is 5. The molecule has 1 fully saturated rings. The molecule has 1 aliphatic rings. The zero-order valence-corrected chi connectivity index (χ0v) is 17.6. The van der Waals surface area contributed by atoms with Gasteiger partial charge in [-0.15, -0.1) is 0 Å². The minimum absolute atomic E-state index is 0.0180. The molecule has 1 saturated heterocycles. The Bertz CT molecular complexity index is 1230. The van der Waals surface area contributed by atoms with E-state index in [4.69, 9.17) is 0 Å². The number of hydrogen-bond donors (Lipinski definition) is 0. The van der Waals surface area contributed by atoms with Crippen molar-refractivity contribution in [2.24, 2.45) is 0 Å². The molecule has 0 aliphatic carbocycles. The molecular weight excluding hydrogens is 428 g/mol. The van der Waals surface area contributed by atoms with Crippen LogP contribution in [0.1, 0.15) is 17.3 Å². The van der Waals surface area contributed by atoms with Crippen molar-refractivity contribution >= 4 is 48.2 Å². The predicted octanol–water partition coefficient (Wildman–Crippen LogP) is 2.92. The Morgan fingerprint density at radius 2 is 1.77 bits per heavy atom. The molecule has 2 heterocycles. The molecule has 9 nitrogen and oxygen atoms in total. The molecule has 1 aliphatic heterocycles.